The molecule has 0 spiro atoms. The summed E-state index contributed by atoms with van der Waals surface area (Å²) in [6.07, 6.45) is 8.49. The van der Waals surface area contributed by atoms with E-state index in [0.29, 0.717) is 0 Å². The predicted molar refractivity (Wildman–Crippen MR) is 192 cm³/mol. The average Bonchev–Trinajstić information content (AvgIpc) is 3.02. The Morgan fingerprint density at radius 3 is 1.59 bits per heavy atom. The molecule has 0 fully saturated rings. The maximum Gasteiger partial charge on any atom is 0.0240 e. The van der Waals surface area contributed by atoms with Crippen LogP contribution in [0.2, 0.25) is 0 Å². The average molecular weight is 579 g/mol. The molecule has 2 heteroatoms. The third kappa shape index (κ3) is 10.7. The van der Waals surface area contributed by atoms with Crippen LogP contribution in [0.15, 0.2) is 133 Å². The van der Waals surface area contributed by atoms with Crippen molar-refractivity contribution in [2.75, 3.05) is 27.2 Å². The molecule has 0 aliphatic heterocycles. The molecule has 0 aliphatic rings. The Kier molecular flexibility index (Phi) is 12.1. The first-order valence-electron chi connectivity index (χ1n) is 15.5. The maximum atomic E-state index is 3.21. The number of rotatable bonds is 9. The SMILES string of the molecule is CN(C/C=C/C#CC(C)(C)C)Cc1cccc2ccccc12.CN(C/C=C/c1ccccc1)Cc1cccc2ccccc12. The summed E-state index contributed by atoms with van der Waals surface area (Å²) in [4.78, 5) is 4.64. The highest BCUT2D eigenvalue weighted by molar-refractivity contribution is 5.86. The summed E-state index contributed by atoms with van der Waals surface area (Å²) in [5, 5.41) is 5.31. The van der Waals surface area contributed by atoms with Crippen molar-refractivity contribution in [1.29, 1.82) is 0 Å². The summed E-state index contributed by atoms with van der Waals surface area (Å²) in [5.41, 5.74) is 4.07. The molecular formula is C42H46N2. The van der Waals surface area contributed by atoms with Crippen LogP contribution in [0.5, 0.6) is 0 Å². The fraction of sp³-hybridized carbons (Fsp3) is 0.238. The largest absolute Gasteiger partial charge is 0.298 e. The second kappa shape index (κ2) is 16.4. The van der Waals surface area contributed by atoms with Crippen LogP contribution in [0.3, 0.4) is 0 Å². The Morgan fingerprint density at radius 1 is 0.568 bits per heavy atom. The van der Waals surface area contributed by atoms with E-state index in [1.807, 2.05) is 12.1 Å². The topological polar surface area (TPSA) is 6.48 Å². The number of likely N-dealkylation sites (N-methyl/N-ethyl adjacent to an activating group) is 2. The third-order valence-electron chi connectivity index (χ3n) is 7.23. The standard InChI is InChI=1S/C21H21N.C21H25N/c1-22(16-8-11-18-9-3-2-4-10-18)17-20-14-7-13-19-12-5-6-15-21(19)20;1-21(2,3)15-8-5-9-16-22(4)17-19-13-10-12-18-11-6-7-14-20(18)19/h2-15H,16-17H2,1H3;5-7,9-14H,16-17H2,1-4H3/b11-8+;9-5+. The minimum absolute atomic E-state index is 0.0686. The van der Waals surface area contributed by atoms with Gasteiger partial charge in [0.25, 0.3) is 0 Å². The van der Waals surface area contributed by atoms with Crippen LogP contribution >= 0.6 is 0 Å². The van der Waals surface area contributed by atoms with Crippen molar-refractivity contribution in [2.45, 2.75) is 33.9 Å². The van der Waals surface area contributed by atoms with Gasteiger partial charge in [0.2, 0.25) is 0 Å². The zero-order valence-electron chi connectivity index (χ0n) is 27.0. The third-order valence-corrected chi connectivity index (χ3v) is 7.23. The van der Waals surface area contributed by atoms with Crippen molar-refractivity contribution >= 4 is 27.6 Å². The molecular weight excluding hydrogens is 532 g/mol. The van der Waals surface area contributed by atoms with Crippen LogP contribution in [0.1, 0.15) is 37.5 Å². The lowest BCUT2D eigenvalue weighted by atomic mass is 9.98. The van der Waals surface area contributed by atoms with Crippen LogP contribution < -0.4 is 0 Å². The number of fused-ring (bicyclic) bond motifs is 2. The van der Waals surface area contributed by atoms with Crippen molar-refractivity contribution in [3.63, 3.8) is 0 Å². The number of allylic oxidation sites excluding steroid dienone is 1. The lowest BCUT2D eigenvalue weighted by Gasteiger charge is -2.16. The van der Waals surface area contributed by atoms with Gasteiger partial charge in [-0.15, -0.1) is 0 Å². The molecule has 0 saturated carbocycles. The first kappa shape index (κ1) is 32.5. The summed E-state index contributed by atoms with van der Waals surface area (Å²) in [6, 6.07) is 40.6. The Hall–Kier alpha value is -4.42. The maximum absolute atomic E-state index is 3.21. The molecule has 44 heavy (non-hydrogen) atoms. The van der Waals surface area contributed by atoms with Crippen LogP contribution in [-0.4, -0.2) is 37.0 Å². The van der Waals surface area contributed by atoms with E-state index in [4.69, 9.17) is 0 Å². The molecule has 0 saturated heterocycles. The summed E-state index contributed by atoms with van der Waals surface area (Å²) < 4.78 is 0. The zero-order chi connectivity index (χ0) is 31.2. The first-order valence-corrected chi connectivity index (χ1v) is 15.5. The molecule has 0 unspecified atom stereocenters. The fourth-order valence-electron chi connectivity index (χ4n) is 5.05. The van der Waals surface area contributed by atoms with E-state index in [1.54, 1.807) is 0 Å². The summed E-state index contributed by atoms with van der Waals surface area (Å²) in [6.45, 7) is 10.1. The lowest BCUT2D eigenvalue weighted by molar-refractivity contribution is 0.365. The van der Waals surface area contributed by atoms with Gasteiger partial charge in [0.05, 0.1) is 0 Å². The van der Waals surface area contributed by atoms with Crippen molar-refractivity contribution in [1.82, 2.24) is 9.80 Å². The summed E-state index contributed by atoms with van der Waals surface area (Å²) >= 11 is 0. The molecule has 5 aromatic carbocycles. The van der Waals surface area contributed by atoms with E-state index in [1.165, 1.54) is 38.2 Å². The van der Waals surface area contributed by atoms with E-state index in [0.717, 1.165) is 26.2 Å². The van der Waals surface area contributed by atoms with E-state index in [9.17, 15) is 0 Å². The minimum Gasteiger partial charge on any atom is -0.298 e. The van der Waals surface area contributed by atoms with Crippen LogP contribution in [0.4, 0.5) is 0 Å². The molecule has 5 rings (SSSR count). The summed E-state index contributed by atoms with van der Waals surface area (Å²) in [5.74, 6) is 6.33. The van der Waals surface area contributed by atoms with Gasteiger partial charge in [0, 0.05) is 31.6 Å². The molecule has 0 radical (unpaired) electrons. The van der Waals surface area contributed by atoms with Gasteiger partial charge in [-0.1, -0.05) is 145 Å². The molecule has 224 valence electrons. The van der Waals surface area contributed by atoms with Crippen LogP contribution in [-0.2, 0) is 13.1 Å². The minimum atomic E-state index is 0.0686. The fourth-order valence-corrected chi connectivity index (χ4v) is 5.05. The molecule has 5 aromatic rings. The van der Waals surface area contributed by atoms with Crippen molar-refractivity contribution in [3.8, 4) is 11.8 Å². The highest BCUT2D eigenvalue weighted by Crippen LogP contribution is 2.21. The molecule has 0 amide bonds. The molecule has 0 N–H and O–H groups in total. The molecule has 0 heterocycles. The van der Waals surface area contributed by atoms with Crippen molar-refractivity contribution in [2.24, 2.45) is 5.41 Å². The monoisotopic (exact) mass is 578 g/mol. The number of hydrogen-bond acceptors (Lipinski definition) is 2. The number of hydrogen-bond donors (Lipinski definition) is 0. The number of nitrogens with zero attached hydrogens (tertiary/aromatic N) is 2. The van der Waals surface area contributed by atoms with E-state index in [2.05, 4.69) is 184 Å². The van der Waals surface area contributed by atoms with Crippen molar-refractivity contribution in [3.05, 3.63) is 150 Å². The Labute approximate surface area is 265 Å². The smallest absolute Gasteiger partial charge is 0.0240 e. The highest BCUT2D eigenvalue weighted by Gasteiger charge is 2.05. The van der Waals surface area contributed by atoms with E-state index in [-0.39, 0.29) is 5.41 Å². The van der Waals surface area contributed by atoms with Gasteiger partial charge in [0.1, 0.15) is 0 Å². The van der Waals surface area contributed by atoms with E-state index >= 15 is 0 Å². The summed E-state index contributed by atoms with van der Waals surface area (Å²) in [7, 11) is 4.31. The lowest BCUT2D eigenvalue weighted by Crippen LogP contribution is -2.17. The van der Waals surface area contributed by atoms with Crippen molar-refractivity contribution < 1.29 is 0 Å². The van der Waals surface area contributed by atoms with Gasteiger partial charge in [-0.25, -0.2) is 0 Å². The highest BCUT2D eigenvalue weighted by atomic mass is 15.1. The second-order valence-electron chi connectivity index (χ2n) is 12.4. The van der Waals surface area contributed by atoms with Gasteiger partial charge in [-0.2, -0.15) is 0 Å². The Bertz CT molecular complexity index is 1720. The van der Waals surface area contributed by atoms with Gasteiger partial charge in [-0.3, -0.25) is 9.80 Å². The van der Waals surface area contributed by atoms with Gasteiger partial charge >= 0.3 is 0 Å². The van der Waals surface area contributed by atoms with Gasteiger partial charge in [-0.05, 0) is 79.2 Å². The molecule has 2 nitrogen and oxygen atoms in total. The zero-order valence-corrected chi connectivity index (χ0v) is 27.0. The van der Waals surface area contributed by atoms with Gasteiger partial charge in [0.15, 0.2) is 0 Å². The molecule has 0 bridgehead atoms. The normalized spacial score (nSPS) is 11.7. The van der Waals surface area contributed by atoms with Crippen LogP contribution in [0.25, 0.3) is 27.6 Å². The molecule has 0 aromatic heterocycles. The quantitative estimate of drug-likeness (QED) is 0.161. The first-order chi connectivity index (χ1) is 21.3. The van der Waals surface area contributed by atoms with Crippen LogP contribution in [0, 0.1) is 17.3 Å². The van der Waals surface area contributed by atoms with Gasteiger partial charge < -0.3 is 0 Å². The predicted octanol–water partition coefficient (Wildman–Crippen LogP) is 9.86. The number of benzene rings is 5. The second-order valence-corrected chi connectivity index (χ2v) is 12.4. The Balaban J connectivity index is 0.000000201. The van der Waals surface area contributed by atoms with E-state index < -0.39 is 0 Å². The Morgan fingerprint density at radius 2 is 1.05 bits per heavy atom. The molecule has 0 atom stereocenters. The molecule has 0 aliphatic carbocycles.